The summed E-state index contributed by atoms with van der Waals surface area (Å²) in [6.07, 6.45) is 3.68. The summed E-state index contributed by atoms with van der Waals surface area (Å²) < 4.78 is 0. The lowest BCUT2D eigenvalue weighted by Crippen LogP contribution is -2.45. The zero-order valence-electron chi connectivity index (χ0n) is 12.1. The van der Waals surface area contributed by atoms with Crippen LogP contribution in [0.25, 0.3) is 0 Å². The molecule has 0 amide bonds. The number of hydrogen-bond donors (Lipinski definition) is 1. The van der Waals surface area contributed by atoms with Gasteiger partial charge in [0.25, 0.3) is 0 Å². The van der Waals surface area contributed by atoms with E-state index < -0.39 is 0 Å². The highest BCUT2D eigenvalue weighted by atomic mass is 35.5. The van der Waals surface area contributed by atoms with Gasteiger partial charge in [0.1, 0.15) is 0 Å². The Morgan fingerprint density at radius 3 is 2.90 bits per heavy atom. The van der Waals surface area contributed by atoms with E-state index in [0.717, 1.165) is 42.6 Å². The molecule has 1 aliphatic rings. The normalized spacial score (nSPS) is 19.6. The van der Waals surface area contributed by atoms with Gasteiger partial charge in [-0.1, -0.05) is 29.8 Å². The zero-order valence-corrected chi connectivity index (χ0v) is 12.8. The van der Waals surface area contributed by atoms with Crippen molar-refractivity contribution in [3.8, 4) is 0 Å². The molecule has 1 N–H and O–H groups in total. The summed E-state index contributed by atoms with van der Waals surface area (Å²) in [4.78, 5) is 11.2. The molecule has 4 nitrogen and oxygen atoms in total. The summed E-state index contributed by atoms with van der Waals surface area (Å²) in [5.41, 5.74) is 3.12. The standard InChI is InChI=1S/C16H19ClN4/c1-12-8-20-13(9-19-12)11-21-7-6-18-10-16(21)14-4-2-3-5-15(14)17/h2-5,8-9,16,18H,6-7,10-11H2,1H3. The van der Waals surface area contributed by atoms with Crippen molar-refractivity contribution in [3.05, 3.63) is 58.6 Å². The third-order valence-corrected chi connectivity index (χ3v) is 4.16. The van der Waals surface area contributed by atoms with Crippen molar-refractivity contribution >= 4 is 11.6 Å². The molecule has 1 aromatic heterocycles. The van der Waals surface area contributed by atoms with E-state index >= 15 is 0 Å². The lowest BCUT2D eigenvalue weighted by atomic mass is 10.0. The number of benzene rings is 1. The van der Waals surface area contributed by atoms with Crippen LogP contribution in [0.4, 0.5) is 0 Å². The number of aromatic nitrogens is 2. The molecule has 1 atom stereocenters. The maximum Gasteiger partial charge on any atom is 0.0727 e. The van der Waals surface area contributed by atoms with E-state index in [1.165, 1.54) is 5.56 Å². The highest BCUT2D eigenvalue weighted by Gasteiger charge is 2.25. The Hall–Kier alpha value is -1.49. The van der Waals surface area contributed by atoms with Gasteiger partial charge in [0.05, 0.1) is 11.4 Å². The molecule has 110 valence electrons. The summed E-state index contributed by atoms with van der Waals surface area (Å²) in [5.74, 6) is 0. The average molecular weight is 303 g/mol. The van der Waals surface area contributed by atoms with Crippen LogP contribution in [0.1, 0.15) is 23.0 Å². The van der Waals surface area contributed by atoms with Gasteiger partial charge in [0, 0.05) is 49.6 Å². The van der Waals surface area contributed by atoms with E-state index in [9.17, 15) is 0 Å². The van der Waals surface area contributed by atoms with E-state index in [1.54, 1.807) is 0 Å². The first-order valence-electron chi connectivity index (χ1n) is 7.21. The number of nitrogens with one attached hydrogen (secondary N) is 1. The fourth-order valence-corrected chi connectivity index (χ4v) is 2.96. The number of rotatable bonds is 3. The van der Waals surface area contributed by atoms with Crippen molar-refractivity contribution in [2.45, 2.75) is 19.5 Å². The fraction of sp³-hybridized carbons (Fsp3) is 0.375. The molecule has 0 spiro atoms. The Morgan fingerprint density at radius 2 is 2.14 bits per heavy atom. The van der Waals surface area contributed by atoms with Crippen molar-refractivity contribution in [2.75, 3.05) is 19.6 Å². The van der Waals surface area contributed by atoms with Gasteiger partial charge in [-0.25, -0.2) is 0 Å². The zero-order chi connectivity index (χ0) is 14.7. The van der Waals surface area contributed by atoms with Crippen molar-refractivity contribution < 1.29 is 0 Å². The Morgan fingerprint density at radius 1 is 1.29 bits per heavy atom. The molecule has 1 aliphatic heterocycles. The minimum absolute atomic E-state index is 0.274. The number of hydrogen-bond acceptors (Lipinski definition) is 4. The number of aryl methyl sites for hydroxylation is 1. The Balaban J connectivity index is 1.81. The topological polar surface area (TPSA) is 41.1 Å². The van der Waals surface area contributed by atoms with Gasteiger partial charge in [-0.3, -0.25) is 14.9 Å². The molecule has 3 rings (SSSR count). The van der Waals surface area contributed by atoms with Crippen LogP contribution in [-0.2, 0) is 6.54 Å². The van der Waals surface area contributed by atoms with Crippen LogP contribution in [0.3, 0.4) is 0 Å². The molecule has 0 radical (unpaired) electrons. The Labute approximate surface area is 130 Å². The van der Waals surface area contributed by atoms with Crippen LogP contribution in [0.5, 0.6) is 0 Å². The Bertz CT molecular complexity index is 599. The first-order valence-corrected chi connectivity index (χ1v) is 7.58. The third-order valence-electron chi connectivity index (χ3n) is 3.82. The predicted octanol–water partition coefficient (Wildman–Crippen LogP) is 2.58. The highest BCUT2D eigenvalue weighted by Crippen LogP contribution is 2.29. The van der Waals surface area contributed by atoms with Crippen LogP contribution in [0, 0.1) is 6.92 Å². The molecule has 0 aliphatic carbocycles. The van der Waals surface area contributed by atoms with E-state index in [2.05, 4.69) is 26.3 Å². The molecule has 2 heterocycles. The van der Waals surface area contributed by atoms with Crippen molar-refractivity contribution in [2.24, 2.45) is 0 Å². The molecule has 1 saturated heterocycles. The summed E-state index contributed by atoms with van der Waals surface area (Å²) in [6.45, 7) is 5.62. The minimum Gasteiger partial charge on any atom is -0.314 e. The van der Waals surface area contributed by atoms with Gasteiger partial charge in [-0.05, 0) is 18.6 Å². The molecular weight excluding hydrogens is 284 g/mol. The van der Waals surface area contributed by atoms with Gasteiger partial charge >= 0.3 is 0 Å². The maximum absolute atomic E-state index is 6.36. The van der Waals surface area contributed by atoms with Gasteiger partial charge in [-0.2, -0.15) is 0 Å². The van der Waals surface area contributed by atoms with Crippen LogP contribution in [-0.4, -0.2) is 34.5 Å². The van der Waals surface area contributed by atoms with E-state index in [4.69, 9.17) is 11.6 Å². The van der Waals surface area contributed by atoms with E-state index in [0.29, 0.717) is 0 Å². The van der Waals surface area contributed by atoms with Gasteiger partial charge in [0.2, 0.25) is 0 Å². The molecule has 21 heavy (non-hydrogen) atoms. The van der Waals surface area contributed by atoms with Crippen LogP contribution in [0.2, 0.25) is 5.02 Å². The highest BCUT2D eigenvalue weighted by molar-refractivity contribution is 6.31. The first kappa shape index (κ1) is 14.4. The van der Waals surface area contributed by atoms with E-state index in [-0.39, 0.29) is 6.04 Å². The maximum atomic E-state index is 6.36. The predicted molar refractivity (Wildman–Crippen MR) is 84.2 cm³/mol. The number of halogens is 1. The molecule has 1 fully saturated rings. The smallest absolute Gasteiger partial charge is 0.0727 e. The summed E-state index contributed by atoms with van der Waals surface area (Å²) in [5, 5.41) is 4.27. The van der Waals surface area contributed by atoms with Crippen LogP contribution in [0.15, 0.2) is 36.7 Å². The lowest BCUT2D eigenvalue weighted by molar-refractivity contribution is 0.152. The lowest BCUT2D eigenvalue weighted by Gasteiger charge is -2.36. The molecule has 5 heteroatoms. The second-order valence-corrected chi connectivity index (χ2v) is 5.77. The van der Waals surface area contributed by atoms with Crippen molar-refractivity contribution in [1.29, 1.82) is 0 Å². The van der Waals surface area contributed by atoms with Gasteiger partial charge < -0.3 is 5.32 Å². The molecule has 2 aromatic rings. The molecule has 0 saturated carbocycles. The monoisotopic (exact) mass is 302 g/mol. The molecule has 1 aromatic carbocycles. The van der Waals surface area contributed by atoms with Crippen LogP contribution >= 0.6 is 11.6 Å². The van der Waals surface area contributed by atoms with Crippen molar-refractivity contribution in [3.63, 3.8) is 0 Å². The summed E-state index contributed by atoms with van der Waals surface area (Å²) >= 11 is 6.36. The first-order chi connectivity index (χ1) is 10.2. The molecule has 0 bridgehead atoms. The second-order valence-electron chi connectivity index (χ2n) is 5.36. The fourth-order valence-electron chi connectivity index (χ4n) is 2.70. The van der Waals surface area contributed by atoms with Crippen LogP contribution < -0.4 is 5.32 Å². The quantitative estimate of drug-likeness (QED) is 0.946. The summed E-state index contributed by atoms with van der Waals surface area (Å²) in [7, 11) is 0. The largest absolute Gasteiger partial charge is 0.314 e. The third kappa shape index (κ3) is 3.40. The van der Waals surface area contributed by atoms with Gasteiger partial charge in [0.15, 0.2) is 0 Å². The number of piperazine rings is 1. The average Bonchev–Trinajstić information content (AvgIpc) is 2.51. The van der Waals surface area contributed by atoms with E-state index in [1.807, 2.05) is 37.5 Å². The summed E-state index contributed by atoms with van der Waals surface area (Å²) in [6, 6.07) is 8.34. The Kier molecular flexibility index (Phi) is 4.48. The second kappa shape index (κ2) is 6.52. The number of nitrogens with zero attached hydrogens (tertiary/aromatic N) is 3. The molecule has 1 unspecified atom stereocenters. The SMILES string of the molecule is Cc1cnc(CN2CCNCC2c2ccccc2Cl)cn1. The minimum atomic E-state index is 0.274. The van der Waals surface area contributed by atoms with Gasteiger partial charge in [-0.15, -0.1) is 0 Å². The molecular formula is C16H19ClN4. The van der Waals surface area contributed by atoms with Crippen molar-refractivity contribution in [1.82, 2.24) is 20.2 Å².